The van der Waals surface area contributed by atoms with E-state index in [0.717, 1.165) is 6.42 Å². The van der Waals surface area contributed by atoms with Crippen LogP contribution in [0.25, 0.3) is 0 Å². The fourth-order valence-electron chi connectivity index (χ4n) is 0.781. The van der Waals surface area contributed by atoms with Gasteiger partial charge in [0.1, 0.15) is 6.61 Å². The standard InChI is InChI=1S/C7H11ClN4O/c1-2-3-13-4-5-10-6(8)12-7(9)11-5/h2-4H2,1H3,(H2,9,10,11,12). The first-order valence-electron chi connectivity index (χ1n) is 3.96. The summed E-state index contributed by atoms with van der Waals surface area (Å²) in [6.07, 6.45) is 0.953. The van der Waals surface area contributed by atoms with Crippen molar-refractivity contribution in [3.63, 3.8) is 0 Å². The van der Waals surface area contributed by atoms with Crippen LogP contribution >= 0.6 is 11.6 Å². The normalized spacial score (nSPS) is 10.3. The van der Waals surface area contributed by atoms with Crippen molar-refractivity contribution in [1.29, 1.82) is 0 Å². The van der Waals surface area contributed by atoms with Crippen molar-refractivity contribution >= 4 is 17.5 Å². The van der Waals surface area contributed by atoms with Gasteiger partial charge in [0.2, 0.25) is 11.2 Å². The summed E-state index contributed by atoms with van der Waals surface area (Å²) in [5.41, 5.74) is 5.36. The molecule has 0 aliphatic heterocycles. The SMILES string of the molecule is CCCOCc1nc(N)nc(Cl)n1. The molecule has 1 heterocycles. The topological polar surface area (TPSA) is 73.9 Å². The first-order chi connectivity index (χ1) is 6.22. The number of hydrogen-bond acceptors (Lipinski definition) is 5. The lowest BCUT2D eigenvalue weighted by Crippen LogP contribution is -2.05. The van der Waals surface area contributed by atoms with Crippen molar-refractivity contribution in [2.24, 2.45) is 0 Å². The van der Waals surface area contributed by atoms with E-state index in [0.29, 0.717) is 19.0 Å². The quantitative estimate of drug-likeness (QED) is 0.739. The van der Waals surface area contributed by atoms with E-state index in [1.165, 1.54) is 0 Å². The summed E-state index contributed by atoms with van der Waals surface area (Å²) >= 11 is 5.57. The molecule has 13 heavy (non-hydrogen) atoms. The Bertz CT molecular complexity index is 261. The maximum absolute atomic E-state index is 5.57. The van der Waals surface area contributed by atoms with E-state index in [2.05, 4.69) is 15.0 Å². The Balaban J connectivity index is 2.56. The molecule has 0 spiro atoms. The molecular weight excluding hydrogens is 192 g/mol. The third kappa shape index (κ3) is 3.52. The average Bonchev–Trinajstić information content (AvgIpc) is 2.03. The average molecular weight is 203 g/mol. The van der Waals surface area contributed by atoms with Gasteiger partial charge in [0.25, 0.3) is 0 Å². The third-order valence-corrected chi connectivity index (χ3v) is 1.42. The number of nitrogen functional groups attached to an aromatic ring is 1. The van der Waals surface area contributed by atoms with Gasteiger partial charge in [0.15, 0.2) is 5.82 Å². The summed E-state index contributed by atoms with van der Waals surface area (Å²) in [4.78, 5) is 11.3. The Morgan fingerprint density at radius 3 is 2.77 bits per heavy atom. The summed E-state index contributed by atoms with van der Waals surface area (Å²) in [5.74, 6) is 0.584. The Hall–Kier alpha value is -0.940. The molecule has 72 valence electrons. The molecule has 1 aromatic heterocycles. The van der Waals surface area contributed by atoms with Crippen LogP contribution in [0.4, 0.5) is 5.95 Å². The van der Waals surface area contributed by atoms with Crippen LogP contribution in [0.1, 0.15) is 19.2 Å². The molecule has 5 nitrogen and oxygen atoms in total. The van der Waals surface area contributed by atoms with E-state index in [9.17, 15) is 0 Å². The lowest BCUT2D eigenvalue weighted by atomic mass is 10.5. The Morgan fingerprint density at radius 1 is 1.38 bits per heavy atom. The van der Waals surface area contributed by atoms with Crippen LogP contribution in [-0.4, -0.2) is 21.6 Å². The number of halogens is 1. The zero-order valence-corrected chi connectivity index (χ0v) is 8.08. The van der Waals surface area contributed by atoms with Crippen molar-refractivity contribution in [3.8, 4) is 0 Å². The Kier molecular flexibility index (Phi) is 3.85. The van der Waals surface area contributed by atoms with Gasteiger partial charge in [-0.25, -0.2) is 4.98 Å². The zero-order valence-electron chi connectivity index (χ0n) is 7.33. The van der Waals surface area contributed by atoms with Crippen LogP contribution in [-0.2, 0) is 11.3 Å². The van der Waals surface area contributed by atoms with Gasteiger partial charge in [-0.2, -0.15) is 9.97 Å². The highest BCUT2D eigenvalue weighted by Crippen LogP contribution is 2.03. The van der Waals surface area contributed by atoms with E-state index in [1.807, 2.05) is 6.92 Å². The van der Waals surface area contributed by atoms with Crippen LogP contribution in [0.5, 0.6) is 0 Å². The van der Waals surface area contributed by atoms with Crippen molar-refractivity contribution in [2.45, 2.75) is 20.0 Å². The van der Waals surface area contributed by atoms with Gasteiger partial charge in [0, 0.05) is 6.61 Å². The predicted molar refractivity (Wildman–Crippen MR) is 49.2 cm³/mol. The van der Waals surface area contributed by atoms with E-state index >= 15 is 0 Å². The minimum absolute atomic E-state index is 0.0996. The second-order valence-electron chi connectivity index (χ2n) is 2.43. The van der Waals surface area contributed by atoms with Gasteiger partial charge >= 0.3 is 0 Å². The van der Waals surface area contributed by atoms with Gasteiger partial charge in [-0.1, -0.05) is 6.92 Å². The van der Waals surface area contributed by atoms with E-state index in [-0.39, 0.29) is 11.2 Å². The van der Waals surface area contributed by atoms with Crippen molar-refractivity contribution < 1.29 is 4.74 Å². The molecule has 2 N–H and O–H groups in total. The number of rotatable bonds is 4. The van der Waals surface area contributed by atoms with Crippen LogP contribution < -0.4 is 5.73 Å². The van der Waals surface area contributed by atoms with Crippen LogP contribution in [0.3, 0.4) is 0 Å². The highest BCUT2D eigenvalue weighted by Gasteiger charge is 2.01. The van der Waals surface area contributed by atoms with E-state index in [1.54, 1.807) is 0 Å². The smallest absolute Gasteiger partial charge is 0.227 e. The lowest BCUT2D eigenvalue weighted by Gasteiger charge is -2.01. The summed E-state index contributed by atoms with van der Waals surface area (Å²) in [6.45, 7) is 3.01. The van der Waals surface area contributed by atoms with Gasteiger partial charge < -0.3 is 10.5 Å². The molecule has 6 heteroatoms. The minimum atomic E-state index is 0.0996. The summed E-state index contributed by atoms with van der Waals surface area (Å²) in [6, 6.07) is 0. The van der Waals surface area contributed by atoms with Gasteiger partial charge in [-0.05, 0) is 18.0 Å². The molecule has 0 aliphatic rings. The molecule has 0 unspecified atom stereocenters. The van der Waals surface area contributed by atoms with E-state index < -0.39 is 0 Å². The van der Waals surface area contributed by atoms with Crippen LogP contribution in [0.15, 0.2) is 0 Å². The zero-order chi connectivity index (χ0) is 9.68. The molecule has 0 saturated carbocycles. The summed E-state index contributed by atoms with van der Waals surface area (Å²) < 4.78 is 5.21. The van der Waals surface area contributed by atoms with Crippen molar-refractivity contribution in [2.75, 3.05) is 12.3 Å². The Labute approximate surface area is 81.3 Å². The van der Waals surface area contributed by atoms with Crippen LogP contribution in [0.2, 0.25) is 5.28 Å². The lowest BCUT2D eigenvalue weighted by molar-refractivity contribution is 0.116. The first kappa shape index (κ1) is 10.1. The maximum atomic E-state index is 5.57. The largest absolute Gasteiger partial charge is 0.373 e. The monoisotopic (exact) mass is 202 g/mol. The first-order valence-corrected chi connectivity index (χ1v) is 4.34. The number of nitrogens with zero attached hydrogens (tertiary/aromatic N) is 3. The van der Waals surface area contributed by atoms with Crippen molar-refractivity contribution in [3.05, 3.63) is 11.1 Å². The molecule has 0 amide bonds. The van der Waals surface area contributed by atoms with Crippen molar-refractivity contribution in [1.82, 2.24) is 15.0 Å². The van der Waals surface area contributed by atoms with E-state index in [4.69, 9.17) is 22.1 Å². The number of ether oxygens (including phenoxy) is 1. The molecule has 0 atom stereocenters. The number of anilines is 1. The molecular formula is C7H11ClN4O. The van der Waals surface area contributed by atoms with Gasteiger partial charge in [-0.3, -0.25) is 0 Å². The molecule has 0 bridgehead atoms. The van der Waals surface area contributed by atoms with Gasteiger partial charge in [-0.15, -0.1) is 0 Å². The molecule has 0 aliphatic carbocycles. The predicted octanol–water partition coefficient (Wildman–Crippen LogP) is 1.03. The summed E-state index contributed by atoms with van der Waals surface area (Å²) in [5, 5.41) is 0.0996. The molecule has 1 rings (SSSR count). The second-order valence-corrected chi connectivity index (χ2v) is 2.77. The fourth-order valence-corrected chi connectivity index (χ4v) is 0.965. The molecule has 0 fully saturated rings. The second kappa shape index (κ2) is 4.94. The Morgan fingerprint density at radius 2 is 2.15 bits per heavy atom. The third-order valence-electron chi connectivity index (χ3n) is 1.25. The van der Waals surface area contributed by atoms with Crippen LogP contribution in [0, 0.1) is 0 Å². The number of aromatic nitrogens is 3. The molecule has 0 aromatic carbocycles. The summed E-state index contributed by atoms with van der Waals surface area (Å²) in [7, 11) is 0. The number of hydrogen-bond donors (Lipinski definition) is 1. The number of nitrogens with two attached hydrogens (primary N) is 1. The highest BCUT2D eigenvalue weighted by molar-refractivity contribution is 6.28. The molecule has 0 radical (unpaired) electrons. The van der Waals surface area contributed by atoms with Gasteiger partial charge in [0.05, 0.1) is 0 Å². The molecule has 0 saturated heterocycles. The highest BCUT2D eigenvalue weighted by atomic mass is 35.5. The molecule has 1 aromatic rings. The minimum Gasteiger partial charge on any atom is -0.373 e. The fraction of sp³-hybridized carbons (Fsp3) is 0.571. The maximum Gasteiger partial charge on any atom is 0.227 e.